The van der Waals surface area contributed by atoms with Crippen molar-refractivity contribution in [2.24, 2.45) is 0 Å². The van der Waals surface area contributed by atoms with Crippen LogP contribution in [0.25, 0.3) is 11.0 Å². The first-order chi connectivity index (χ1) is 10.3. The van der Waals surface area contributed by atoms with Gasteiger partial charge in [-0.3, -0.25) is 14.7 Å². The van der Waals surface area contributed by atoms with Gasteiger partial charge in [0, 0.05) is 32.4 Å². The van der Waals surface area contributed by atoms with Crippen LogP contribution in [0.5, 0.6) is 0 Å². The van der Waals surface area contributed by atoms with Gasteiger partial charge in [-0.2, -0.15) is 0 Å². The van der Waals surface area contributed by atoms with Crippen LogP contribution in [-0.2, 0) is 4.74 Å². The van der Waals surface area contributed by atoms with Crippen molar-refractivity contribution in [3.05, 3.63) is 23.9 Å². The number of nitrogens with zero attached hydrogens (tertiary/aromatic N) is 2. The number of rotatable bonds is 4. The SMILES string of the molecule is Nc1[nH]c2cccnc2c1C(=O)NCCN1CCOCC1. The second-order valence-corrected chi connectivity index (χ2v) is 5.02. The second-order valence-electron chi connectivity index (χ2n) is 5.02. The van der Waals surface area contributed by atoms with Crippen LogP contribution in [0.15, 0.2) is 18.3 Å². The lowest BCUT2D eigenvalue weighted by Crippen LogP contribution is -2.41. The zero-order valence-electron chi connectivity index (χ0n) is 11.8. The number of ether oxygens (including phenoxy) is 1. The number of hydrogen-bond acceptors (Lipinski definition) is 5. The van der Waals surface area contributed by atoms with E-state index in [0.29, 0.717) is 23.4 Å². The summed E-state index contributed by atoms with van der Waals surface area (Å²) < 4.78 is 5.29. The third-order valence-corrected chi connectivity index (χ3v) is 3.63. The normalized spacial score (nSPS) is 16.2. The molecule has 112 valence electrons. The third kappa shape index (κ3) is 2.98. The van der Waals surface area contributed by atoms with E-state index in [1.807, 2.05) is 6.07 Å². The van der Waals surface area contributed by atoms with Crippen molar-refractivity contribution in [3.8, 4) is 0 Å². The molecule has 3 rings (SSSR count). The van der Waals surface area contributed by atoms with Gasteiger partial charge in [-0.1, -0.05) is 0 Å². The summed E-state index contributed by atoms with van der Waals surface area (Å²) >= 11 is 0. The summed E-state index contributed by atoms with van der Waals surface area (Å²) in [6.07, 6.45) is 1.65. The molecule has 0 aliphatic carbocycles. The number of fused-ring (bicyclic) bond motifs is 1. The molecule has 4 N–H and O–H groups in total. The van der Waals surface area contributed by atoms with Crippen molar-refractivity contribution in [2.45, 2.75) is 0 Å². The quantitative estimate of drug-likeness (QED) is 0.747. The number of aromatic nitrogens is 2. The van der Waals surface area contributed by atoms with Crippen molar-refractivity contribution in [1.82, 2.24) is 20.2 Å². The predicted molar refractivity (Wildman–Crippen MR) is 80.1 cm³/mol. The Kier molecular flexibility index (Phi) is 4.03. The maximum atomic E-state index is 12.3. The summed E-state index contributed by atoms with van der Waals surface area (Å²) in [6, 6.07) is 3.65. The number of aromatic amines is 1. The van der Waals surface area contributed by atoms with Gasteiger partial charge in [0.25, 0.3) is 5.91 Å². The number of carbonyl (C=O) groups excluding carboxylic acids is 1. The molecular formula is C14H19N5O2. The number of carbonyl (C=O) groups is 1. The average molecular weight is 289 g/mol. The number of H-pyrrole nitrogens is 1. The predicted octanol–water partition coefficient (Wildman–Crippen LogP) is 0.207. The van der Waals surface area contributed by atoms with Gasteiger partial charge >= 0.3 is 0 Å². The summed E-state index contributed by atoms with van der Waals surface area (Å²) in [7, 11) is 0. The Bertz CT molecular complexity index is 633. The van der Waals surface area contributed by atoms with E-state index in [1.165, 1.54) is 0 Å². The van der Waals surface area contributed by atoms with Crippen molar-refractivity contribution >= 4 is 22.8 Å². The molecule has 0 aromatic carbocycles. The van der Waals surface area contributed by atoms with Crippen LogP contribution in [-0.4, -0.2) is 60.2 Å². The van der Waals surface area contributed by atoms with E-state index < -0.39 is 0 Å². The first-order valence-corrected chi connectivity index (χ1v) is 7.06. The lowest BCUT2D eigenvalue weighted by atomic mass is 10.2. The number of nitrogens with one attached hydrogen (secondary N) is 2. The first kappa shape index (κ1) is 13.8. The van der Waals surface area contributed by atoms with Crippen molar-refractivity contribution < 1.29 is 9.53 Å². The molecule has 1 aliphatic heterocycles. The number of hydrogen-bond donors (Lipinski definition) is 3. The maximum Gasteiger partial charge on any atom is 0.257 e. The third-order valence-electron chi connectivity index (χ3n) is 3.63. The van der Waals surface area contributed by atoms with Crippen LogP contribution < -0.4 is 11.1 Å². The summed E-state index contributed by atoms with van der Waals surface area (Å²) in [6.45, 7) is 4.72. The largest absolute Gasteiger partial charge is 0.385 e. The molecule has 1 fully saturated rings. The molecule has 0 bridgehead atoms. The number of anilines is 1. The summed E-state index contributed by atoms with van der Waals surface area (Å²) in [4.78, 5) is 21.7. The number of amides is 1. The lowest BCUT2D eigenvalue weighted by molar-refractivity contribution is 0.0383. The fourth-order valence-corrected chi connectivity index (χ4v) is 2.51. The van der Waals surface area contributed by atoms with Gasteiger partial charge in [-0.25, -0.2) is 0 Å². The van der Waals surface area contributed by atoms with Gasteiger partial charge < -0.3 is 20.8 Å². The molecule has 21 heavy (non-hydrogen) atoms. The Morgan fingerprint density at radius 3 is 3.10 bits per heavy atom. The van der Waals surface area contributed by atoms with Crippen LogP contribution in [0.3, 0.4) is 0 Å². The number of pyridine rings is 1. The molecule has 7 heteroatoms. The van der Waals surface area contributed by atoms with E-state index in [1.54, 1.807) is 12.3 Å². The van der Waals surface area contributed by atoms with Gasteiger partial charge in [0.05, 0.1) is 18.7 Å². The van der Waals surface area contributed by atoms with Gasteiger partial charge in [0.15, 0.2) is 0 Å². The number of nitrogen functional groups attached to an aromatic ring is 1. The highest BCUT2D eigenvalue weighted by atomic mass is 16.5. The summed E-state index contributed by atoms with van der Waals surface area (Å²) in [5, 5.41) is 2.90. The van der Waals surface area contributed by atoms with Crippen LogP contribution in [0.1, 0.15) is 10.4 Å². The van der Waals surface area contributed by atoms with Crippen LogP contribution in [0.4, 0.5) is 5.82 Å². The van der Waals surface area contributed by atoms with Gasteiger partial charge in [0.1, 0.15) is 16.9 Å². The van der Waals surface area contributed by atoms with Crippen molar-refractivity contribution in [2.75, 3.05) is 45.1 Å². The highest BCUT2D eigenvalue weighted by Crippen LogP contribution is 2.21. The molecule has 1 aliphatic rings. The Labute approximate surface area is 122 Å². The molecule has 1 saturated heterocycles. The molecule has 2 aromatic heterocycles. The van der Waals surface area contributed by atoms with Crippen molar-refractivity contribution in [3.63, 3.8) is 0 Å². The molecule has 0 unspecified atom stereocenters. The van der Waals surface area contributed by atoms with Gasteiger partial charge in [-0.15, -0.1) is 0 Å². The monoisotopic (exact) mass is 289 g/mol. The Morgan fingerprint density at radius 1 is 1.48 bits per heavy atom. The fourth-order valence-electron chi connectivity index (χ4n) is 2.51. The standard InChI is InChI=1S/C14H19N5O2/c15-13-11(12-10(18-13)2-1-3-16-12)14(20)17-4-5-19-6-8-21-9-7-19/h1-3,18H,4-9,15H2,(H,17,20). The average Bonchev–Trinajstić information content (AvgIpc) is 2.84. The van der Waals surface area contributed by atoms with Crippen molar-refractivity contribution in [1.29, 1.82) is 0 Å². The van der Waals surface area contributed by atoms with Gasteiger partial charge in [0.2, 0.25) is 0 Å². The molecular weight excluding hydrogens is 270 g/mol. The smallest absolute Gasteiger partial charge is 0.257 e. The van der Waals surface area contributed by atoms with E-state index in [9.17, 15) is 4.79 Å². The Morgan fingerprint density at radius 2 is 2.29 bits per heavy atom. The first-order valence-electron chi connectivity index (χ1n) is 7.06. The minimum absolute atomic E-state index is 0.189. The molecule has 2 aromatic rings. The zero-order valence-corrected chi connectivity index (χ0v) is 11.8. The summed E-state index contributed by atoms with van der Waals surface area (Å²) in [5.74, 6) is 0.165. The van der Waals surface area contributed by atoms with E-state index in [-0.39, 0.29) is 5.91 Å². The lowest BCUT2D eigenvalue weighted by Gasteiger charge is -2.26. The maximum absolute atomic E-state index is 12.3. The van der Waals surface area contributed by atoms with Gasteiger partial charge in [-0.05, 0) is 12.1 Å². The minimum Gasteiger partial charge on any atom is -0.385 e. The fraction of sp³-hybridized carbons (Fsp3) is 0.429. The van der Waals surface area contributed by atoms with E-state index >= 15 is 0 Å². The molecule has 0 saturated carbocycles. The Balaban J connectivity index is 1.62. The van der Waals surface area contributed by atoms with E-state index in [0.717, 1.165) is 38.4 Å². The van der Waals surface area contributed by atoms with E-state index in [2.05, 4.69) is 20.2 Å². The molecule has 0 radical (unpaired) electrons. The summed E-state index contributed by atoms with van der Waals surface area (Å²) in [5.41, 5.74) is 7.69. The number of morpholine rings is 1. The highest BCUT2D eigenvalue weighted by molar-refractivity contribution is 6.09. The topological polar surface area (TPSA) is 96.3 Å². The molecule has 7 nitrogen and oxygen atoms in total. The van der Waals surface area contributed by atoms with Crippen LogP contribution >= 0.6 is 0 Å². The molecule has 0 spiro atoms. The van der Waals surface area contributed by atoms with E-state index in [4.69, 9.17) is 10.5 Å². The zero-order chi connectivity index (χ0) is 14.7. The Hall–Kier alpha value is -2.12. The number of nitrogens with two attached hydrogens (primary N) is 1. The molecule has 1 amide bonds. The molecule has 0 atom stereocenters. The van der Waals surface area contributed by atoms with Crippen LogP contribution in [0.2, 0.25) is 0 Å². The minimum atomic E-state index is -0.189. The van der Waals surface area contributed by atoms with Crippen LogP contribution in [0, 0.1) is 0 Å². The molecule has 3 heterocycles. The second kappa shape index (κ2) is 6.11. The highest BCUT2D eigenvalue weighted by Gasteiger charge is 2.18.